The van der Waals surface area contributed by atoms with Gasteiger partial charge < -0.3 is 20.3 Å². The summed E-state index contributed by atoms with van der Waals surface area (Å²) < 4.78 is 9.67. The van der Waals surface area contributed by atoms with E-state index in [0.717, 1.165) is 0 Å². The van der Waals surface area contributed by atoms with E-state index in [1.54, 1.807) is 6.92 Å². The van der Waals surface area contributed by atoms with Gasteiger partial charge >= 0.3 is 5.97 Å². The highest BCUT2D eigenvalue weighted by atomic mass is 35.5. The maximum atomic E-state index is 11.7. The Morgan fingerprint density at radius 1 is 1.55 bits per heavy atom. The van der Waals surface area contributed by atoms with Crippen molar-refractivity contribution in [1.82, 2.24) is 10.1 Å². The monoisotopic (exact) mass is 296 g/mol. The molecule has 1 heterocycles. The maximum Gasteiger partial charge on any atom is 0.340 e. The van der Waals surface area contributed by atoms with Crippen LogP contribution in [-0.2, 0) is 11.3 Å². The number of esters is 1. The second-order valence-corrected chi connectivity index (χ2v) is 4.41. The number of aromatic nitrogens is 2. The molecule has 2 aromatic rings. The molecule has 0 fully saturated rings. The minimum Gasteiger partial charge on any atom is -0.465 e. The minimum atomic E-state index is -0.539. The third-order valence-corrected chi connectivity index (χ3v) is 2.80. The lowest BCUT2D eigenvalue weighted by Crippen LogP contribution is -2.10. The molecule has 1 aromatic heterocycles. The first-order valence-corrected chi connectivity index (χ1v) is 6.09. The molecule has 0 aliphatic rings. The second-order valence-electron chi connectivity index (χ2n) is 4.01. The Morgan fingerprint density at radius 2 is 2.30 bits per heavy atom. The van der Waals surface area contributed by atoms with E-state index in [2.05, 4.69) is 15.5 Å². The van der Waals surface area contributed by atoms with Crippen LogP contribution in [0.15, 0.2) is 16.7 Å². The number of anilines is 2. The maximum absolute atomic E-state index is 11.7. The number of hydrogen-bond donors (Lipinski definition) is 2. The van der Waals surface area contributed by atoms with Crippen molar-refractivity contribution in [2.75, 3.05) is 18.2 Å². The van der Waals surface area contributed by atoms with E-state index in [-0.39, 0.29) is 12.1 Å². The van der Waals surface area contributed by atoms with Crippen molar-refractivity contribution in [3.05, 3.63) is 34.4 Å². The number of nitrogens with zero attached hydrogens (tertiary/aromatic N) is 2. The first-order chi connectivity index (χ1) is 9.51. The van der Waals surface area contributed by atoms with Crippen LogP contribution in [0, 0.1) is 6.92 Å². The van der Waals surface area contributed by atoms with Crippen LogP contribution >= 0.6 is 11.6 Å². The Balaban J connectivity index is 2.27. The molecule has 0 amide bonds. The fourth-order valence-corrected chi connectivity index (χ4v) is 1.95. The zero-order valence-corrected chi connectivity index (χ0v) is 11.7. The van der Waals surface area contributed by atoms with E-state index in [0.29, 0.717) is 28.1 Å². The van der Waals surface area contributed by atoms with E-state index in [1.165, 1.54) is 19.2 Å². The summed E-state index contributed by atoms with van der Waals surface area (Å²) in [6.45, 7) is 1.94. The van der Waals surface area contributed by atoms with Gasteiger partial charge in [0, 0.05) is 5.69 Å². The SMILES string of the molecule is COC(=O)c1cc(N)cc(Cl)c1NCc1nc(C)no1. The lowest BCUT2D eigenvalue weighted by atomic mass is 10.1. The molecule has 7 nitrogen and oxygen atoms in total. The highest BCUT2D eigenvalue weighted by molar-refractivity contribution is 6.34. The largest absolute Gasteiger partial charge is 0.465 e. The van der Waals surface area contributed by atoms with Gasteiger partial charge in [0.25, 0.3) is 0 Å². The quantitative estimate of drug-likeness (QED) is 0.657. The van der Waals surface area contributed by atoms with Crippen molar-refractivity contribution < 1.29 is 14.1 Å². The average molecular weight is 297 g/mol. The van der Waals surface area contributed by atoms with Gasteiger partial charge in [-0.3, -0.25) is 0 Å². The average Bonchev–Trinajstić information content (AvgIpc) is 2.81. The predicted octanol–water partition coefficient (Wildman–Crippen LogP) is 2.01. The number of carbonyl (C=O) groups is 1. The molecule has 0 aliphatic heterocycles. The molecule has 0 aliphatic carbocycles. The van der Waals surface area contributed by atoms with Gasteiger partial charge in [-0.2, -0.15) is 4.98 Å². The second kappa shape index (κ2) is 5.79. The van der Waals surface area contributed by atoms with Gasteiger partial charge in [0.15, 0.2) is 5.82 Å². The summed E-state index contributed by atoms with van der Waals surface area (Å²) in [4.78, 5) is 15.8. The molecule has 2 rings (SSSR count). The van der Waals surface area contributed by atoms with E-state index in [9.17, 15) is 4.79 Å². The van der Waals surface area contributed by atoms with Crippen molar-refractivity contribution in [2.24, 2.45) is 0 Å². The summed E-state index contributed by atoms with van der Waals surface area (Å²) >= 11 is 6.09. The standard InChI is InChI=1S/C12H13ClN4O3/c1-6-16-10(20-17-6)5-15-11-8(12(18)19-2)3-7(14)4-9(11)13/h3-4,15H,5,14H2,1-2H3. The van der Waals surface area contributed by atoms with Gasteiger partial charge in [-0.05, 0) is 19.1 Å². The minimum absolute atomic E-state index is 0.231. The number of nitrogens with one attached hydrogen (secondary N) is 1. The van der Waals surface area contributed by atoms with Crippen LogP contribution in [0.3, 0.4) is 0 Å². The molecule has 0 bridgehead atoms. The summed E-state index contributed by atoms with van der Waals surface area (Å²) in [7, 11) is 1.28. The molecular formula is C12H13ClN4O3. The normalized spacial score (nSPS) is 10.3. The van der Waals surface area contributed by atoms with Gasteiger partial charge in [0.1, 0.15) is 0 Å². The van der Waals surface area contributed by atoms with Crippen molar-refractivity contribution in [3.63, 3.8) is 0 Å². The van der Waals surface area contributed by atoms with Gasteiger partial charge in [0.2, 0.25) is 5.89 Å². The number of halogens is 1. The number of nitrogens with two attached hydrogens (primary N) is 1. The van der Waals surface area contributed by atoms with Crippen molar-refractivity contribution in [1.29, 1.82) is 0 Å². The highest BCUT2D eigenvalue weighted by Crippen LogP contribution is 2.30. The van der Waals surface area contributed by atoms with Crippen LogP contribution in [0.1, 0.15) is 22.1 Å². The van der Waals surface area contributed by atoms with E-state index in [4.69, 9.17) is 26.6 Å². The molecule has 8 heteroatoms. The Labute approximate surface area is 120 Å². The predicted molar refractivity (Wildman–Crippen MR) is 73.6 cm³/mol. The fourth-order valence-electron chi connectivity index (χ4n) is 1.65. The molecule has 20 heavy (non-hydrogen) atoms. The van der Waals surface area contributed by atoms with Gasteiger partial charge in [-0.15, -0.1) is 0 Å². The molecule has 0 spiro atoms. The number of hydrogen-bond acceptors (Lipinski definition) is 7. The Morgan fingerprint density at radius 3 is 2.90 bits per heavy atom. The van der Waals surface area contributed by atoms with Crippen molar-refractivity contribution >= 4 is 28.9 Å². The Bertz CT molecular complexity index is 642. The molecule has 1 aromatic carbocycles. The van der Waals surface area contributed by atoms with Crippen molar-refractivity contribution in [2.45, 2.75) is 13.5 Å². The summed E-state index contributed by atoms with van der Waals surface area (Å²) in [6, 6.07) is 3.02. The number of carbonyl (C=O) groups excluding carboxylic acids is 1. The van der Waals surface area contributed by atoms with Gasteiger partial charge in [-0.1, -0.05) is 16.8 Å². The molecule has 106 valence electrons. The number of ether oxygens (including phenoxy) is 1. The van der Waals surface area contributed by atoms with Crippen LogP contribution < -0.4 is 11.1 Å². The zero-order valence-electron chi connectivity index (χ0n) is 10.9. The summed E-state index contributed by atoms with van der Waals surface area (Å²) in [5, 5.41) is 6.94. The number of methoxy groups -OCH3 is 1. The van der Waals surface area contributed by atoms with Crippen LogP contribution in [0.2, 0.25) is 5.02 Å². The van der Waals surface area contributed by atoms with E-state index < -0.39 is 5.97 Å². The number of nitrogen functional groups attached to an aromatic ring is 1. The highest BCUT2D eigenvalue weighted by Gasteiger charge is 2.17. The number of rotatable bonds is 4. The van der Waals surface area contributed by atoms with E-state index in [1.807, 2.05) is 0 Å². The number of aryl methyl sites for hydroxylation is 1. The van der Waals surface area contributed by atoms with Crippen LogP contribution in [0.5, 0.6) is 0 Å². The van der Waals surface area contributed by atoms with Crippen molar-refractivity contribution in [3.8, 4) is 0 Å². The van der Waals surface area contributed by atoms with Gasteiger partial charge in [-0.25, -0.2) is 4.79 Å². The first-order valence-electron chi connectivity index (χ1n) is 5.71. The molecule has 0 saturated heterocycles. The van der Waals surface area contributed by atoms with Gasteiger partial charge in [0.05, 0.1) is 29.9 Å². The number of benzene rings is 1. The van der Waals surface area contributed by atoms with E-state index >= 15 is 0 Å². The molecule has 0 saturated carbocycles. The van der Waals surface area contributed by atoms with Crippen LogP contribution in [-0.4, -0.2) is 23.2 Å². The summed E-state index contributed by atoms with van der Waals surface area (Å²) in [5.41, 5.74) is 6.69. The lowest BCUT2D eigenvalue weighted by molar-refractivity contribution is 0.0602. The Kier molecular flexibility index (Phi) is 4.09. The molecular weight excluding hydrogens is 284 g/mol. The van der Waals surface area contributed by atoms with Crippen LogP contribution in [0.4, 0.5) is 11.4 Å². The first kappa shape index (κ1) is 14.1. The molecule has 0 unspecified atom stereocenters. The Hall–Kier alpha value is -2.28. The molecule has 3 N–H and O–H groups in total. The third-order valence-electron chi connectivity index (χ3n) is 2.50. The third kappa shape index (κ3) is 3.00. The molecule has 0 atom stereocenters. The van der Waals surface area contributed by atoms with Crippen LogP contribution in [0.25, 0.3) is 0 Å². The lowest BCUT2D eigenvalue weighted by Gasteiger charge is -2.12. The summed E-state index contributed by atoms with van der Waals surface area (Å²) in [6.07, 6.45) is 0. The summed E-state index contributed by atoms with van der Waals surface area (Å²) in [5.74, 6) is 0.369. The smallest absolute Gasteiger partial charge is 0.340 e. The fraction of sp³-hybridized carbons (Fsp3) is 0.250. The molecule has 0 radical (unpaired) electrons. The zero-order chi connectivity index (χ0) is 14.7. The topological polar surface area (TPSA) is 103 Å².